The summed E-state index contributed by atoms with van der Waals surface area (Å²) in [5.74, 6) is 2.64. The van der Waals surface area contributed by atoms with Crippen molar-refractivity contribution in [2.45, 2.75) is 40.0 Å². The lowest BCUT2D eigenvalue weighted by Crippen LogP contribution is -1.85. The standard InChI is InChI=1S/C11H17O/c1-5-6-10-7-11(8(2)3)9(4)12-10/h6-8H,5H2,1-4H3. The van der Waals surface area contributed by atoms with Gasteiger partial charge in [0, 0.05) is 6.42 Å². The van der Waals surface area contributed by atoms with Crippen LogP contribution in [0.1, 0.15) is 50.2 Å². The quantitative estimate of drug-likeness (QED) is 0.666. The van der Waals surface area contributed by atoms with E-state index >= 15 is 0 Å². The second kappa shape index (κ2) is 3.79. The van der Waals surface area contributed by atoms with Gasteiger partial charge in [-0.2, -0.15) is 0 Å². The Labute approximate surface area is 74.8 Å². The summed E-state index contributed by atoms with van der Waals surface area (Å²) in [5.41, 5.74) is 1.33. The molecule has 0 fully saturated rings. The van der Waals surface area contributed by atoms with Gasteiger partial charge in [0.1, 0.15) is 11.5 Å². The van der Waals surface area contributed by atoms with E-state index in [1.165, 1.54) is 5.56 Å². The average Bonchev–Trinajstić information content (AvgIpc) is 2.32. The highest BCUT2D eigenvalue weighted by molar-refractivity contribution is 5.26. The van der Waals surface area contributed by atoms with E-state index in [4.69, 9.17) is 4.42 Å². The largest absolute Gasteiger partial charge is 0.466 e. The topological polar surface area (TPSA) is 13.1 Å². The molecule has 0 aliphatic carbocycles. The second-order valence-corrected chi connectivity index (χ2v) is 3.43. The Bertz CT molecular complexity index is 246. The van der Waals surface area contributed by atoms with Gasteiger partial charge < -0.3 is 4.42 Å². The number of furan rings is 1. The summed E-state index contributed by atoms with van der Waals surface area (Å²) in [6, 6.07) is 2.14. The first kappa shape index (κ1) is 9.37. The molecule has 67 valence electrons. The fraction of sp³-hybridized carbons (Fsp3) is 0.545. The summed E-state index contributed by atoms with van der Waals surface area (Å²) in [4.78, 5) is 0. The third kappa shape index (κ3) is 1.90. The molecule has 0 N–H and O–H groups in total. The van der Waals surface area contributed by atoms with E-state index in [0.717, 1.165) is 17.9 Å². The van der Waals surface area contributed by atoms with Gasteiger partial charge >= 0.3 is 0 Å². The smallest absolute Gasteiger partial charge is 0.108 e. The lowest BCUT2D eigenvalue weighted by molar-refractivity contribution is 0.502. The monoisotopic (exact) mass is 165 g/mol. The Hall–Kier alpha value is -0.720. The van der Waals surface area contributed by atoms with Crippen LogP contribution in [0.4, 0.5) is 0 Å². The maximum absolute atomic E-state index is 5.56. The van der Waals surface area contributed by atoms with Crippen LogP contribution < -0.4 is 0 Å². The molecule has 0 aromatic carbocycles. The fourth-order valence-electron chi connectivity index (χ4n) is 1.40. The SMILES string of the molecule is CC[CH]c1cc(C(C)C)c(C)o1. The molecule has 0 spiro atoms. The van der Waals surface area contributed by atoms with Crippen molar-refractivity contribution in [3.8, 4) is 0 Å². The van der Waals surface area contributed by atoms with Crippen molar-refractivity contribution >= 4 is 0 Å². The molecule has 1 heteroatoms. The van der Waals surface area contributed by atoms with Gasteiger partial charge in [-0.3, -0.25) is 0 Å². The summed E-state index contributed by atoms with van der Waals surface area (Å²) in [5, 5.41) is 0. The summed E-state index contributed by atoms with van der Waals surface area (Å²) < 4.78 is 5.56. The van der Waals surface area contributed by atoms with E-state index in [2.05, 4.69) is 33.3 Å². The first-order valence-electron chi connectivity index (χ1n) is 4.58. The predicted molar refractivity (Wildman–Crippen MR) is 51.2 cm³/mol. The van der Waals surface area contributed by atoms with E-state index in [1.54, 1.807) is 0 Å². The van der Waals surface area contributed by atoms with Gasteiger partial charge in [0.15, 0.2) is 0 Å². The van der Waals surface area contributed by atoms with Gasteiger partial charge in [-0.25, -0.2) is 0 Å². The molecular weight excluding hydrogens is 148 g/mol. The summed E-state index contributed by atoms with van der Waals surface area (Å²) in [7, 11) is 0. The van der Waals surface area contributed by atoms with Crippen LogP contribution in [0, 0.1) is 13.3 Å². The summed E-state index contributed by atoms with van der Waals surface area (Å²) >= 11 is 0. The van der Waals surface area contributed by atoms with E-state index in [9.17, 15) is 0 Å². The van der Waals surface area contributed by atoms with Crippen molar-refractivity contribution in [3.63, 3.8) is 0 Å². The number of rotatable bonds is 3. The van der Waals surface area contributed by atoms with E-state index in [-0.39, 0.29) is 0 Å². The second-order valence-electron chi connectivity index (χ2n) is 3.43. The fourth-order valence-corrected chi connectivity index (χ4v) is 1.40. The highest BCUT2D eigenvalue weighted by Crippen LogP contribution is 2.23. The van der Waals surface area contributed by atoms with Crippen LogP contribution >= 0.6 is 0 Å². The molecule has 1 aromatic heterocycles. The van der Waals surface area contributed by atoms with Gasteiger partial charge in [0.05, 0.1) is 0 Å². The van der Waals surface area contributed by atoms with Crippen molar-refractivity contribution in [3.05, 3.63) is 29.6 Å². The van der Waals surface area contributed by atoms with Crippen LogP contribution in [0.5, 0.6) is 0 Å². The Balaban J connectivity index is 2.85. The summed E-state index contributed by atoms with van der Waals surface area (Å²) in [6.45, 7) is 8.52. The van der Waals surface area contributed by atoms with Gasteiger partial charge in [0.25, 0.3) is 0 Å². The van der Waals surface area contributed by atoms with Crippen molar-refractivity contribution < 1.29 is 4.42 Å². The summed E-state index contributed by atoms with van der Waals surface area (Å²) in [6.07, 6.45) is 3.14. The highest BCUT2D eigenvalue weighted by atomic mass is 16.3. The first-order chi connectivity index (χ1) is 5.65. The van der Waals surface area contributed by atoms with Gasteiger partial charge in [-0.1, -0.05) is 20.8 Å². The molecule has 1 rings (SSSR count). The van der Waals surface area contributed by atoms with Crippen molar-refractivity contribution in [1.29, 1.82) is 0 Å². The van der Waals surface area contributed by atoms with E-state index in [1.807, 2.05) is 6.92 Å². The maximum atomic E-state index is 5.56. The van der Waals surface area contributed by atoms with Crippen LogP contribution in [0.3, 0.4) is 0 Å². The van der Waals surface area contributed by atoms with E-state index in [0.29, 0.717) is 5.92 Å². The Morgan fingerprint density at radius 2 is 2.17 bits per heavy atom. The van der Waals surface area contributed by atoms with E-state index < -0.39 is 0 Å². The first-order valence-corrected chi connectivity index (χ1v) is 4.58. The Kier molecular flexibility index (Phi) is 2.96. The average molecular weight is 165 g/mol. The molecule has 0 saturated heterocycles. The van der Waals surface area contributed by atoms with Gasteiger partial charge in [-0.05, 0) is 30.9 Å². The zero-order chi connectivity index (χ0) is 9.14. The molecular formula is C11H17O. The van der Waals surface area contributed by atoms with Gasteiger partial charge in [-0.15, -0.1) is 0 Å². The van der Waals surface area contributed by atoms with Crippen molar-refractivity contribution in [2.75, 3.05) is 0 Å². The zero-order valence-electron chi connectivity index (χ0n) is 8.35. The molecule has 0 saturated carbocycles. The Morgan fingerprint density at radius 1 is 1.50 bits per heavy atom. The lowest BCUT2D eigenvalue weighted by atomic mass is 10.0. The van der Waals surface area contributed by atoms with Crippen LogP contribution in [-0.4, -0.2) is 0 Å². The number of aryl methyl sites for hydroxylation is 1. The molecule has 0 amide bonds. The van der Waals surface area contributed by atoms with Crippen molar-refractivity contribution in [2.24, 2.45) is 0 Å². The minimum Gasteiger partial charge on any atom is -0.466 e. The Morgan fingerprint density at radius 3 is 2.58 bits per heavy atom. The zero-order valence-corrected chi connectivity index (χ0v) is 8.35. The molecule has 0 unspecified atom stereocenters. The molecule has 0 bridgehead atoms. The lowest BCUT2D eigenvalue weighted by Gasteiger charge is -1.99. The normalized spacial score (nSPS) is 11.1. The molecule has 0 atom stereocenters. The van der Waals surface area contributed by atoms with Gasteiger partial charge in [0.2, 0.25) is 0 Å². The third-order valence-corrected chi connectivity index (χ3v) is 2.00. The number of hydrogen-bond donors (Lipinski definition) is 0. The minimum atomic E-state index is 0.563. The predicted octanol–water partition coefficient (Wildman–Crippen LogP) is 3.67. The minimum absolute atomic E-state index is 0.563. The molecule has 1 nitrogen and oxygen atoms in total. The number of hydrogen-bond acceptors (Lipinski definition) is 1. The van der Waals surface area contributed by atoms with Crippen LogP contribution in [0.15, 0.2) is 10.5 Å². The molecule has 1 radical (unpaired) electrons. The molecule has 0 aliphatic rings. The third-order valence-electron chi connectivity index (χ3n) is 2.00. The molecule has 0 aliphatic heterocycles. The van der Waals surface area contributed by atoms with Crippen LogP contribution in [0.2, 0.25) is 0 Å². The van der Waals surface area contributed by atoms with Crippen LogP contribution in [-0.2, 0) is 0 Å². The highest BCUT2D eigenvalue weighted by Gasteiger charge is 2.09. The van der Waals surface area contributed by atoms with Crippen molar-refractivity contribution in [1.82, 2.24) is 0 Å². The molecule has 1 aromatic rings. The molecule has 12 heavy (non-hydrogen) atoms. The maximum Gasteiger partial charge on any atom is 0.108 e. The molecule has 1 heterocycles. The van der Waals surface area contributed by atoms with Crippen LogP contribution in [0.25, 0.3) is 0 Å².